The fourth-order valence-corrected chi connectivity index (χ4v) is 5.50. The van der Waals surface area contributed by atoms with E-state index in [1.54, 1.807) is 0 Å². The Bertz CT molecular complexity index is 1060. The van der Waals surface area contributed by atoms with Gasteiger partial charge in [0, 0.05) is 49.9 Å². The molecule has 0 aliphatic carbocycles. The summed E-state index contributed by atoms with van der Waals surface area (Å²) in [5.41, 5.74) is 3.45. The van der Waals surface area contributed by atoms with Gasteiger partial charge in [0.15, 0.2) is 6.10 Å². The molecular weight excluding hydrogens is 442 g/mol. The van der Waals surface area contributed by atoms with Gasteiger partial charge in [-0.3, -0.25) is 9.59 Å². The summed E-state index contributed by atoms with van der Waals surface area (Å²) in [4.78, 5) is 28.2. The van der Waals surface area contributed by atoms with Gasteiger partial charge in [-0.2, -0.15) is 0 Å². The van der Waals surface area contributed by atoms with Crippen LogP contribution in [0.1, 0.15) is 42.1 Å². The molecule has 0 aromatic heterocycles. The molecule has 7 heteroatoms. The summed E-state index contributed by atoms with van der Waals surface area (Å²) in [6.45, 7) is 7.10. The van der Waals surface area contributed by atoms with Crippen molar-refractivity contribution in [2.24, 2.45) is 5.92 Å². The van der Waals surface area contributed by atoms with Gasteiger partial charge in [-0.15, -0.1) is 0 Å². The molecule has 2 atom stereocenters. The second-order valence-electron chi connectivity index (χ2n) is 9.74. The monoisotopic (exact) mass is 477 g/mol. The molecule has 6 rings (SSSR count). The fraction of sp³-hybridized carbons (Fsp3) is 0.500. The molecule has 4 heterocycles. The Morgan fingerprint density at radius 3 is 2.74 bits per heavy atom. The van der Waals surface area contributed by atoms with E-state index in [-0.39, 0.29) is 17.9 Å². The quantitative estimate of drug-likeness (QED) is 0.543. The van der Waals surface area contributed by atoms with Gasteiger partial charge in [0.05, 0.1) is 0 Å². The van der Waals surface area contributed by atoms with Crippen LogP contribution >= 0.6 is 0 Å². The van der Waals surface area contributed by atoms with Crippen LogP contribution in [0.2, 0.25) is 0 Å². The summed E-state index contributed by atoms with van der Waals surface area (Å²) < 4.78 is 11.6. The van der Waals surface area contributed by atoms with Crippen LogP contribution in [-0.2, 0) is 16.0 Å². The number of hydrogen-bond acceptors (Lipinski definition) is 5. The molecule has 0 radical (unpaired) electrons. The summed E-state index contributed by atoms with van der Waals surface area (Å²) >= 11 is 0. The first-order valence-corrected chi connectivity index (χ1v) is 12.9. The van der Waals surface area contributed by atoms with Crippen LogP contribution in [0.5, 0.6) is 5.75 Å². The van der Waals surface area contributed by atoms with Gasteiger partial charge in [-0.25, -0.2) is 0 Å². The van der Waals surface area contributed by atoms with Crippen LogP contribution in [0.4, 0.5) is 0 Å². The molecule has 2 aromatic rings. The average Bonchev–Trinajstić information content (AvgIpc) is 3.34. The van der Waals surface area contributed by atoms with Crippen LogP contribution in [-0.4, -0.2) is 68.3 Å². The van der Waals surface area contributed by atoms with E-state index in [2.05, 4.69) is 15.5 Å². The summed E-state index contributed by atoms with van der Waals surface area (Å²) in [6, 6.07) is 13.8. The fourth-order valence-electron chi connectivity index (χ4n) is 5.50. The van der Waals surface area contributed by atoms with Gasteiger partial charge < -0.3 is 25.0 Å². The predicted octanol–water partition coefficient (Wildman–Crippen LogP) is 3.02. The minimum absolute atomic E-state index is 0.0221. The van der Waals surface area contributed by atoms with Crippen LogP contribution < -0.4 is 15.4 Å². The lowest BCUT2D eigenvalue weighted by atomic mass is 9.84. The molecule has 35 heavy (non-hydrogen) atoms. The predicted molar refractivity (Wildman–Crippen MR) is 135 cm³/mol. The topological polar surface area (TPSA) is 79.9 Å². The first-order valence-electron chi connectivity index (χ1n) is 12.9. The van der Waals surface area contributed by atoms with E-state index in [0.29, 0.717) is 37.7 Å². The van der Waals surface area contributed by atoms with Gasteiger partial charge in [-0.05, 0) is 68.5 Å². The van der Waals surface area contributed by atoms with Crippen molar-refractivity contribution in [1.82, 2.24) is 15.5 Å². The van der Waals surface area contributed by atoms with Crippen molar-refractivity contribution in [3.05, 3.63) is 53.6 Å². The lowest BCUT2D eigenvalue weighted by molar-refractivity contribution is -0.129. The highest BCUT2D eigenvalue weighted by Crippen LogP contribution is 2.39. The summed E-state index contributed by atoms with van der Waals surface area (Å²) in [5, 5.41) is 6.23. The minimum atomic E-state index is -0.515. The van der Waals surface area contributed by atoms with Crippen molar-refractivity contribution in [3.8, 4) is 16.9 Å². The Balaban J connectivity index is 1.24. The molecule has 3 saturated heterocycles. The number of benzene rings is 2. The molecule has 2 N–H and O–H groups in total. The molecule has 2 aromatic carbocycles. The number of nitrogens with one attached hydrogen (secondary N) is 2. The van der Waals surface area contributed by atoms with E-state index in [0.717, 1.165) is 61.3 Å². The molecule has 0 saturated carbocycles. The maximum Gasteiger partial charge on any atom is 0.261 e. The summed E-state index contributed by atoms with van der Waals surface area (Å²) in [7, 11) is 0. The Morgan fingerprint density at radius 1 is 1.14 bits per heavy atom. The Morgan fingerprint density at radius 2 is 1.97 bits per heavy atom. The van der Waals surface area contributed by atoms with Crippen molar-refractivity contribution in [2.45, 2.75) is 44.8 Å². The Hall–Kier alpha value is -2.90. The molecule has 2 bridgehead atoms. The first-order chi connectivity index (χ1) is 17.1. The van der Waals surface area contributed by atoms with Gasteiger partial charge in [0.2, 0.25) is 0 Å². The number of carbonyl (C=O) groups excluding carboxylic acids is 2. The highest BCUT2D eigenvalue weighted by Gasteiger charge is 2.38. The number of piperidine rings is 3. The third-order valence-electron chi connectivity index (χ3n) is 7.43. The van der Waals surface area contributed by atoms with Crippen molar-refractivity contribution < 1.29 is 19.1 Å². The third-order valence-corrected chi connectivity index (χ3v) is 7.43. The summed E-state index contributed by atoms with van der Waals surface area (Å²) in [5.74, 6) is 1.20. The zero-order valence-corrected chi connectivity index (χ0v) is 20.4. The average molecular weight is 478 g/mol. The van der Waals surface area contributed by atoms with Gasteiger partial charge in [0.25, 0.3) is 11.8 Å². The Labute approximate surface area is 207 Å². The maximum atomic E-state index is 13.1. The third kappa shape index (κ3) is 5.36. The SMILES string of the molecule is CCOCCCNC(=O)c1cccc(-c2cccc3c2OC(C(=O)N[C@@H]2CN4CCC2CC4)C3)c1. The smallest absolute Gasteiger partial charge is 0.261 e. The van der Waals surface area contributed by atoms with E-state index in [1.165, 1.54) is 0 Å². The van der Waals surface area contributed by atoms with E-state index in [1.807, 2.05) is 49.4 Å². The molecule has 186 valence electrons. The number of carbonyl (C=O) groups is 2. The molecule has 4 aliphatic rings. The molecular formula is C28H35N3O4. The standard InChI is InChI=1S/C28H35N3O4/c1-2-34-15-5-12-29-27(32)22-8-3-6-20(16-22)23-9-4-7-21-17-25(35-26(21)23)28(33)30-24-18-31-13-10-19(24)11-14-31/h3-4,6-9,16,19,24-25H,2,5,10-15,17-18H2,1H3,(H,29,32)(H,30,33)/t24-,25?/m1/s1. The summed E-state index contributed by atoms with van der Waals surface area (Å²) in [6.07, 6.45) is 3.16. The van der Waals surface area contributed by atoms with Crippen LogP contribution in [0, 0.1) is 5.92 Å². The lowest BCUT2D eigenvalue weighted by Gasteiger charge is -2.45. The molecule has 0 spiro atoms. The van der Waals surface area contributed by atoms with Gasteiger partial charge in [-0.1, -0.05) is 30.3 Å². The normalized spacial score (nSPS) is 24.5. The van der Waals surface area contributed by atoms with E-state index < -0.39 is 6.10 Å². The van der Waals surface area contributed by atoms with Crippen molar-refractivity contribution in [2.75, 3.05) is 39.4 Å². The Kier molecular flexibility index (Phi) is 7.35. The minimum Gasteiger partial charge on any atom is -0.479 e. The van der Waals surface area contributed by atoms with E-state index in [9.17, 15) is 9.59 Å². The maximum absolute atomic E-state index is 13.1. The second-order valence-corrected chi connectivity index (χ2v) is 9.74. The number of ether oxygens (including phenoxy) is 2. The van der Waals surface area contributed by atoms with Gasteiger partial charge in [0.1, 0.15) is 5.75 Å². The number of para-hydroxylation sites is 1. The zero-order valence-electron chi connectivity index (χ0n) is 20.4. The number of nitrogens with zero attached hydrogens (tertiary/aromatic N) is 1. The molecule has 3 fully saturated rings. The van der Waals surface area contributed by atoms with Crippen LogP contribution in [0.25, 0.3) is 11.1 Å². The molecule has 4 aliphatic heterocycles. The highest BCUT2D eigenvalue weighted by atomic mass is 16.5. The van der Waals surface area contributed by atoms with E-state index in [4.69, 9.17) is 9.47 Å². The van der Waals surface area contributed by atoms with E-state index >= 15 is 0 Å². The van der Waals surface area contributed by atoms with Crippen molar-refractivity contribution in [3.63, 3.8) is 0 Å². The molecule has 2 amide bonds. The van der Waals surface area contributed by atoms with Crippen LogP contribution in [0.3, 0.4) is 0 Å². The van der Waals surface area contributed by atoms with Gasteiger partial charge >= 0.3 is 0 Å². The number of amides is 2. The zero-order chi connectivity index (χ0) is 24.2. The largest absolute Gasteiger partial charge is 0.479 e. The van der Waals surface area contributed by atoms with Crippen LogP contribution in [0.15, 0.2) is 42.5 Å². The molecule has 7 nitrogen and oxygen atoms in total. The lowest BCUT2D eigenvalue weighted by Crippen LogP contribution is -2.58. The first kappa shape index (κ1) is 23.8. The van der Waals surface area contributed by atoms with Crippen molar-refractivity contribution in [1.29, 1.82) is 0 Å². The molecule has 1 unspecified atom stereocenters. The van der Waals surface area contributed by atoms with Crippen molar-refractivity contribution >= 4 is 11.8 Å². The second kappa shape index (κ2) is 10.8. The number of fused-ring (bicyclic) bond motifs is 4. The number of rotatable bonds is 9. The number of hydrogen-bond donors (Lipinski definition) is 2. The highest BCUT2D eigenvalue weighted by molar-refractivity contribution is 5.95.